The minimum Gasteiger partial charge on any atom is -0.462 e. The first-order valence-electron chi connectivity index (χ1n) is 9.36. The number of hydrogen-bond acceptors (Lipinski definition) is 5. The number of benzene rings is 1. The predicted octanol–water partition coefficient (Wildman–Crippen LogP) is 2.88. The molecule has 0 unspecified atom stereocenters. The van der Waals surface area contributed by atoms with Crippen molar-refractivity contribution in [1.82, 2.24) is 0 Å². The van der Waals surface area contributed by atoms with Crippen molar-refractivity contribution in [2.24, 2.45) is 11.8 Å². The molecule has 1 aliphatic carbocycles. The lowest BCUT2D eigenvalue weighted by atomic mass is 9.91. The van der Waals surface area contributed by atoms with Crippen molar-refractivity contribution in [3.63, 3.8) is 0 Å². The van der Waals surface area contributed by atoms with Gasteiger partial charge in [-0.25, -0.2) is 4.79 Å². The number of aliphatic hydroxyl groups is 1. The SMILES string of the molecule is CCC#CC[C@H](O)C=C[C@@H]1[C@H]2CC(=O)O[C@H]2C[C@H]1OC(=O)c1ccccc1. The minimum absolute atomic E-state index is 0.0313. The molecule has 1 N–H and O–H groups in total. The smallest absolute Gasteiger partial charge is 0.338 e. The second kappa shape index (κ2) is 8.88. The van der Waals surface area contributed by atoms with E-state index in [4.69, 9.17) is 9.47 Å². The summed E-state index contributed by atoms with van der Waals surface area (Å²) in [5.41, 5.74) is 0.490. The van der Waals surface area contributed by atoms with Gasteiger partial charge in [0.1, 0.15) is 12.2 Å². The summed E-state index contributed by atoms with van der Waals surface area (Å²) >= 11 is 0. The van der Waals surface area contributed by atoms with Crippen molar-refractivity contribution in [2.45, 2.75) is 50.9 Å². The molecule has 2 aliphatic rings. The highest BCUT2D eigenvalue weighted by Gasteiger charge is 2.50. The van der Waals surface area contributed by atoms with Crippen molar-refractivity contribution >= 4 is 11.9 Å². The summed E-state index contributed by atoms with van der Waals surface area (Å²) in [7, 11) is 0. The van der Waals surface area contributed by atoms with Crippen LogP contribution in [0.1, 0.15) is 43.0 Å². The Balaban J connectivity index is 1.70. The largest absolute Gasteiger partial charge is 0.462 e. The van der Waals surface area contributed by atoms with Crippen LogP contribution in [0.4, 0.5) is 0 Å². The van der Waals surface area contributed by atoms with Crippen molar-refractivity contribution in [1.29, 1.82) is 0 Å². The van der Waals surface area contributed by atoms with Gasteiger partial charge in [-0.3, -0.25) is 4.79 Å². The molecule has 1 aromatic carbocycles. The molecule has 27 heavy (non-hydrogen) atoms. The van der Waals surface area contributed by atoms with Gasteiger partial charge in [-0.2, -0.15) is 0 Å². The highest BCUT2D eigenvalue weighted by atomic mass is 16.6. The van der Waals surface area contributed by atoms with E-state index in [1.807, 2.05) is 19.1 Å². The van der Waals surface area contributed by atoms with Crippen LogP contribution >= 0.6 is 0 Å². The van der Waals surface area contributed by atoms with Crippen LogP contribution in [0.25, 0.3) is 0 Å². The van der Waals surface area contributed by atoms with Gasteiger partial charge in [0.25, 0.3) is 0 Å². The standard InChI is InChI=1S/C22H24O5/c1-2-3-5-10-16(23)11-12-17-18-13-21(24)26-20(18)14-19(17)27-22(25)15-8-6-4-7-9-15/h4,6-9,11-12,16-20,23H,2,10,13-14H2,1H3/t16-,17+,18+,19+,20-/m0/s1. The van der Waals surface area contributed by atoms with E-state index in [-0.39, 0.29) is 36.0 Å². The normalized spacial score (nSPS) is 27.6. The maximum Gasteiger partial charge on any atom is 0.338 e. The fourth-order valence-corrected chi connectivity index (χ4v) is 3.70. The van der Waals surface area contributed by atoms with E-state index in [9.17, 15) is 14.7 Å². The van der Waals surface area contributed by atoms with E-state index < -0.39 is 6.10 Å². The molecule has 5 atom stereocenters. The molecule has 0 amide bonds. The van der Waals surface area contributed by atoms with Gasteiger partial charge in [-0.05, 0) is 12.1 Å². The van der Waals surface area contributed by atoms with E-state index in [0.717, 1.165) is 6.42 Å². The number of rotatable bonds is 5. The Morgan fingerprint density at radius 1 is 1.37 bits per heavy atom. The molecule has 1 saturated heterocycles. The fraction of sp³-hybridized carbons (Fsp3) is 0.455. The van der Waals surface area contributed by atoms with E-state index in [0.29, 0.717) is 24.8 Å². The van der Waals surface area contributed by atoms with Crippen LogP contribution < -0.4 is 0 Å². The van der Waals surface area contributed by atoms with Gasteiger partial charge in [-0.15, -0.1) is 11.8 Å². The Hall–Kier alpha value is -2.58. The zero-order valence-electron chi connectivity index (χ0n) is 15.3. The Bertz CT molecular complexity index is 758. The van der Waals surface area contributed by atoms with Gasteiger partial charge in [0.15, 0.2) is 0 Å². The number of esters is 2. The van der Waals surface area contributed by atoms with Crippen molar-refractivity contribution < 1.29 is 24.2 Å². The molecule has 0 bridgehead atoms. The number of carbonyl (C=O) groups excluding carboxylic acids is 2. The maximum absolute atomic E-state index is 12.4. The van der Waals surface area contributed by atoms with E-state index in [1.165, 1.54) is 0 Å². The van der Waals surface area contributed by atoms with Gasteiger partial charge >= 0.3 is 11.9 Å². The molecule has 142 valence electrons. The van der Waals surface area contributed by atoms with Crippen LogP contribution in [0.2, 0.25) is 0 Å². The molecule has 1 aliphatic heterocycles. The second-order valence-electron chi connectivity index (χ2n) is 6.88. The highest BCUT2D eigenvalue weighted by Crippen LogP contribution is 2.43. The summed E-state index contributed by atoms with van der Waals surface area (Å²) in [5.74, 6) is 5.04. The van der Waals surface area contributed by atoms with Crippen molar-refractivity contribution in [3.8, 4) is 11.8 Å². The summed E-state index contributed by atoms with van der Waals surface area (Å²) in [4.78, 5) is 24.1. The van der Waals surface area contributed by atoms with E-state index in [1.54, 1.807) is 30.3 Å². The molecule has 0 spiro atoms. The molecule has 1 aromatic rings. The van der Waals surface area contributed by atoms with Crippen LogP contribution in [-0.4, -0.2) is 35.4 Å². The molecule has 0 aromatic heterocycles. The Morgan fingerprint density at radius 3 is 2.89 bits per heavy atom. The third-order valence-electron chi connectivity index (χ3n) is 4.99. The van der Waals surface area contributed by atoms with Gasteiger partial charge in [0, 0.05) is 31.1 Å². The summed E-state index contributed by atoms with van der Waals surface area (Å²) in [6.45, 7) is 1.96. The summed E-state index contributed by atoms with van der Waals surface area (Å²) < 4.78 is 11.1. The number of ether oxygens (including phenoxy) is 2. The number of hydrogen-bond donors (Lipinski definition) is 1. The average molecular weight is 368 g/mol. The van der Waals surface area contributed by atoms with E-state index >= 15 is 0 Å². The number of carbonyl (C=O) groups is 2. The zero-order chi connectivity index (χ0) is 19.2. The molecule has 1 saturated carbocycles. The highest BCUT2D eigenvalue weighted by molar-refractivity contribution is 5.89. The number of fused-ring (bicyclic) bond motifs is 1. The lowest BCUT2D eigenvalue weighted by molar-refractivity contribution is -0.141. The van der Waals surface area contributed by atoms with E-state index in [2.05, 4.69) is 11.8 Å². The fourth-order valence-electron chi connectivity index (χ4n) is 3.70. The van der Waals surface area contributed by atoms with Gasteiger partial charge in [0.2, 0.25) is 0 Å². The van der Waals surface area contributed by atoms with Crippen LogP contribution in [0.15, 0.2) is 42.5 Å². The second-order valence-corrected chi connectivity index (χ2v) is 6.88. The van der Waals surface area contributed by atoms with Crippen molar-refractivity contribution in [3.05, 3.63) is 48.0 Å². The van der Waals surface area contributed by atoms with Gasteiger partial charge < -0.3 is 14.6 Å². The molecule has 5 heteroatoms. The Morgan fingerprint density at radius 2 is 2.15 bits per heavy atom. The third-order valence-corrected chi connectivity index (χ3v) is 4.99. The third kappa shape index (κ3) is 4.78. The summed E-state index contributed by atoms with van der Waals surface area (Å²) in [6, 6.07) is 8.82. The summed E-state index contributed by atoms with van der Waals surface area (Å²) in [5, 5.41) is 10.1. The minimum atomic E-state index is -0.688. The van der Waals surface area contributed by atoms with Crippen LogP contribution in [0.3, 0.4) is 0 Å². The maximum atomic E-state index is 12.4. The zero-order valence-corrected chi connectivity index (χ0v) is 15.3. The van der Waals surface area contributed by atoms with Crippen LogP contribution in [-0.2, 0) is 14.3 Å². The molecular weight excluding hydrogens is 344 g/mol. The summed E-state index contributed by atoms with van der Waals surface area (Å²) in [6.07, 6.45) is 4.13. The first-order valence-corrected chi connectivity index (χ1v) is 9.36. The topological polar surface area (TPSA) is 72.8 Å². The molecule has 2 fully saturated rings. The van der Waals surface area contributed by atoms with Crippen LogP contribution in [0, 0.1) is 23.7 Å². The Labute approximate surface area is 159 Å². The Kier molecular flexibility index (Phi) is 6.31. The first kappa shape index (κ1) is 19.2. The lowest BCUT2D eigenvalue weighted by Gasteiger charge is -2.20. The van der Waals surface area contributed by atoms with Gasteiger partial charge in [-0.1, -0.05) is 37.3 Å². The van der Waals surface area contributed by atoms with Crippen molar-refractivity contribution in [2.75, 3.05) is 0 Å². The monoisotopic (exact) mass is 368 g/mol. The predicted molar refractivity (Wildman–Crippen MR) is 99.6 cm³/mol. The molecule has 1 heterocycles. The quantitative estimate of drug-likeness (QED) is 0.491. The molecule has 0 radical (unpaired) electrons. The van der Waals surface area contributed by atoms with Gasteiger partial charge in [0.05, 0.1) is 18.1 Å². The lowest BCUT2D eigenvalue weighted by Crippen LogP contribution is -2.25. The molecule has 5 nitrogen and oxygen atoms in total. The van der Waals surface area contributed by atoms with Crippen LogP contribution in [0.5, 0.6) is 0 Å². The average Bonchev–Trinajstić information content (AvgIpc) is 3.16. The molecule has 3 rings (SSSR count). The number of aliphatic hydroxyl groups excluding tert-OH is 1. The first-order chi connectivity index (χ1) is 13.1. The molecular formula is C22H24O5.